The summed E-state index contributed by atoms with van der Waals surface area (Å²) in [6.07, 6.45) is 0.738. The number of nitrogens with one attached hydrogen (secondary N) is 1. The third-order valence-electron chi connectivity index (χ3n) is 3.18. The van der Waals surface area contributed by atoms with Crippen LogP contribution in [0.3, 0.4) is 0 Å². The maximum Gasteiger partial charge on any atom is 0.240 e. The van der Waals surface area contributed by atoms with Crippen molar-refractivity contribution in [2.45, 2.75) is 12.0 Å². The molecule has 1 unspecified atom stereocenters. The number of nitrogens with two attached hydrogens (primary N) is 1. The van der Waals surface area contributed by atoms with Gasteiger partial charge in [0, 0.05) is 39.2 Å². The second-order valence-electron chi connectivity index (χ2n) is 3.94. The zero-order valence-corrected chi connectivity index (χ0v) is 10.7. The smallest absolute Gasteiger partial charge is 0.240 e. The summed E-state index contributed by atoms with van der Waals surface area (Å²) in [6.45, 7) is 4.72. The van der Waals surface area contributed by atoms with Crippen molar-refractivity contribution >= 4 is 30.7 Å². The van der Waals surface area contributed by atoms with Crippen LogP contribution in [-0.2, 0) is 9.53 Å². The van der Waals surface area contributed by atoms with E-state index in [1.54, 1.807) is 0 Å². The molecule has 2 aliphatic rings. The Balaban J connectivity index is 0.00000112. The van der Waals surface area contributed by atoms with Crippen LogP contribution in [-0.4, -0.2) is 55.7 Å². The first-order chi connectivity index (χ1) is 6.76. The van der Waals surface area contributed by atoms with E-state index in [1.165, 1.54) is 0 Å². The Hall–Kier alpha value is -0.0700. The van der Waals surface area contributed by atoms with E-state index in [1.807, 2.05) is 0 Å². The third-order valence-corrected chi connectivity index (χ3v) is 3.18. The molecule has 0 radical (unpaired) electrons. The molecular formula is C9H19Cl2N3O2. The molecule has 2 fully saturated rings. The van der Waals surface area contributed by atoms with Gasteiger partial charge in [-0.3, -0.25) is 9.69 Å². The summed E-state index contributed by atoms with van der Waals surface area (Å²) in [5.41, 5.74) is 4.96. The maximum atomic E-state index is 11.5. The van der Waals surface area contributed by atoms with Crippen LogP contribution in [0.4, 0.5) is 0 Å². The van der Waals surface area contributed by atoms with Gasteiger partial charge in [-0.1, -0.05) is 0 Å². The zero-order valence-electron chi connectivity index (χ0n) is 9.11. The van der Waals surface area contributed by atoms with Crippen molar-refractivity contribution in [1.29, 1.82) is 0 Å². The molecule has 0 aromatic heterocycles. The lowest BCUT2D eigenvalue weighted by Crippen LogP contribution is -2.62. The number of halogens is 2. The fourth-order valence-electron chi connectivity index (χ4n) is 2.25. The molecule has 2 rings (SSSR count). The molecule has 1 amide bonds. The molecule has 5 nitrogen and oxygen atoms in total. The van der Waals surface area contributed by atoms with E-state index < -0.39 is 5.54 Å². The quantitative estimate of drug-likeness (QED) is 0.703. The Morgan fingerprint density at radius 3 is 2.38 bits per heavy atom. The van der Waals surface area contributed by atoms with Crippen molar-refractivity contribution in [2.75, 3.05) is 39.4 Å². The molecule has 7 heteroatoms. The van der Waals surface area contributed by atoms with Gasteiger partial charge in [-0.25, -0.2) is 0 Å². The normalized spacial score (nSPS) is 30.2. The first kappa shape index (κ1) is 15.9. The van der Waals surface area contributed by atoms with Gasteiger partial charge < -0.3 is 15.8 Å². The van der Waals surface area contributed by atoms with Gasteiger partial charge in [0.1, 0.15) is 5.54 Å². The van der Waals surface area contributed by atoms with Crippen molar-refractivity contribution in [1.82, 2.24) is 10.2 Å². The molecule has 2 aliphatic heterocycles. The van der Waals surface area contributed by atoms with E-state index in [0.717, 1.165) is 32.6 Å². The summed E-state index contributed by atoms with van der Waals surface area (Å²) in [5, 5.41) is 3.26. The predicted molar refractivity (Wildman–Crippen MR) is 66.3 cm³/mol. The maximum absolute atomic E-state index is 11.5. The summed E-state index contributed by atoms with van der Waals surface area (Å²) in [7, 11) is 0. The monoisotopic (exact) mass is 271 g/mol. The molecule has 1 atom stereocenters. The van der Waals surface area contributed by atoms with Crippen LogP contribution in [0.2, 0.25) is 0 Å². The van der Waals surface area contributed by atoms with Gasteiger partial charge in [-0.15, -0.1) is 24.8 Å². The number of primary amides is 1. The van der Waals surface area contributed by atoms with Crippen molar-refractivity contribution < 1.29 is 9.53 Å². The highest BCUT2D eigenvalue weighted by Gasteiger charge is 2.46. The predicted octanol–water partition coefficient (Wildman–Crippen LogP) is -0.620. The summed E-state index contributed by atoms with van der Waals surface area (Å²) in [5.74, 6) is -0.239. The van der Waals surface area contributed by atoms with Crippen molar-refractivity contribution in [3.8, 4) is 0 Å². The minimum atomic E-state index is -0.526. The number of nitrogens with zero attached hydrogens (tertiary/aromatic N) is 1. The van der Waals surface area contributed by atoms with Gasteiger partial charge in [0.05, 0.1) is 6.61 Å². The van der Waals surface area contributed by atoms with Crippen LogP contribution in [0.1, 0.15) is 6.42 Å². The molecule has 0 saturated carbocycles. The van der Waals surface area contributed by atoms with Crippen molar-refractivity contribution in [3.05, 3.63) is 0 Å². The van der Waals surface area contributed by atoms with Crippen LogP contribution in [0.5, 0.6) is 0 Å². The number of rotatable bonds is 2. The van der Waals surface area contributed by atoms with Crippen molar-refractivity contribution in [3.63, 3.8) is 0 Å². The first-order valence-electron chi connectivity index (χ1n) is 5.09. The van der Waals surface area contributed by atoms with Crippen LogP contribution in [0, 0.1) is 0 Å². The number of hydrogen-bond acceptors (Lipinski definition) is 4. The molecule has 3 N–H and O–H groups in total. The second kappa shape index (κ2) is 6.61. The van der Waals surface area contributed by atoms with Crippen LogP contribution < -0.4 is 11.1 Å². The highest BCUT2D eigenvalue weighted by atomic mass is 35.5. The number of carbonyl (C=O) groups excluding carboxylic acids is 1. The third kappa shape index (κ3) is 2.78. The molecule has 96 valence electrons. The highest BCUT2D eigenvalue weighted by Crippen LogP contribution is 2.26. The number of carbonyl (C=O) groups is 1. The molecule has 2 heterocycles. The molecule has 0 aromatic carbocycles. The molecule has 16 heavy (non-hydrogen) atoms. The Morgan fingerprint density at radius 2 is 1.94 bits per heavy atom. The standard InChI is InChI=1S/C9H17N3O2.2ClH/c10-8(13)9(1-6-14-7-9)12-4-2-11-3-5-12;;/h11H,1-7H2,(H2,10,13);2*1H. The largest absolute Gasteiger partial charge is 0.379 e. The van der Waals surface area contributed by atoms with E-state index in [9.17, 15) is 4.79 Å². The fraction of sp³-hybridized carbons (Fsp3) is 0.889. The van der Waals surface area contributed by atoms with Gasteiger partial charge in [-0.2, -0.15) is 0 Å². The number of hydrogen-bond donors (Lipinski definition) is 2. The van der Waals surface area contributed by atoms with Crippen LogP contribution in [0.15, 0.2) is 0 Å². The SMILES string of the molecule is Cl.Cl.NC(=O)C1(N2CCNCC2)CCOC1. The zero-order chi connectivity index (χ0) is 10.0. The molecule has 0 aromatic rings. The molecule has 0 spiro atoms. The number of piperazine rings is 1. The minimum absolute atomic E-state index is 0. The van der Waals surface area contributed by atoms with E-state index in [0.29, 0.717) is 13.2 Å². The summed E-state index contributed by atoms with van der Waals surface area (Å²) in [6, 6.07) is 0. The first-order valence-corrected chi connectivity index (χ1v) is 5.09. The lowest BCUT2D eigenvalue weighted by Gasteiger charge is -2.40. The molecule has 0 bridgehead atoms. The van der Waals surface area contributed by atoms with Gasteiger partial charge in [-0.05, 0) is 0 Å². The summed E-state index contributed by atoms with van der Waals surface area (Å²) in [4.78, 5) is 13.7. The second-order valence-corrected chi connectivity index (χ2v) is 3.94. The lowest BCUT2D eigenvalue weighted by atomic mass is 9.94. The summed E-state index contributed by atoms with van der Waals surface area (Å²) >= 11 is 0. The van der Waals surface area contributed by atoms with Crippen LogP contribution >= 0.6 is 24.8 Å². The van der Waals surface area contributed by atoms with E-state index in [-0.39, 0.29) is 30.7 Å². The molecule has 2 saturated heterocycles. The molecule has 0 aliphatic carbocycles. The molecular weight excluding hydrogens is 253 g/mol. The highest BCUT2D eigenvalue weighted by molar-refractivity contribution is 5.86. The Labute approximate surface area is 108 Å². The van der Waals surface area contributed by atoms with Gasteiger partial charge in [0.15, 0.2) is 0 Å². The Bertz CT molecular complexity index is 229. The van der Waals surface area contributed by atoms with E-state index >= 15 is 0 Å². The van der Waals surface area contributed by atoms with Crippen molar-refractivity contribution in [2.24, 2.45) is 5.73 Å². The lowest BCUT2D eigenvalue weighted by molar-refractivity contribution is -0.131. The topological polar surface area (TPSA) is 67.6 Å². The Morgan fingerprint density at radius 1 is 1.31 bits per heavy atom. The van der Waals surface area contributed by atoms with Gasteiger partial charge in [0.2, 0.25) is 5.91 Å². The average Bonchev–Trinajstić information content (AvgIpc) is 2.69. The summed E-state index contributed by atoms with van der Waals surface area (Å²) < 4.78 is 5.31. The number of ether oxygens (including phenoxy) is 1. The van der Waals surface area contributed by atoms with E-state index in [4.69, 9.17) is 10.5 Å². The Kier molecular flexibility index (Phi) is 6.58. The van der Waals surface area contributed by atoms with E-state index in [2.05, 4.69) is 10.2 Å². The fourth-order valence-corrected chi connectivity index (χ4v) is 2.25. The number of amides is 1. The van der Waals surface area contributed by atoms with Crippen LogP contribution in [0.25, 0.3) is 0 Å². The van der Waals surface area contributed by atoms with Gasteiger partial charge >= 0.3 is 0 Å². The van der Waals surface area contributed by atoms with Gasteiger partial charge in [0.25, 0.3) is 0 Å². The average molecular weight is 272 g/mol. The minimum Gasteiger partial charge on any atom is -0.379 e.